The van der Waals surface area contributed by atoms with Crippen LogP contribution in [0.25, 0.3) is 115 Å². The SMILES string of the molecule is c1ccc(-c2ccccc2N(c2ccc(-c3ccc(-c4cccc(-n5c6ccccc6c6ccccc65)c4)cc3)cc2)c2ccc3c(ccc4cc(-c5ccc6c(c5)oc5ccccc56)ccc43)c2)cc1. The van der Waals surface area contributed by atoms with Crippen molar-refractivity contribution in [3.63, 3.8) is 0 Å². The lowest BCUT2D eigenvalue weighted by Gasteiger charge is -2.28. The molecular weight excluding hydrogens is 861 g/mol. The van der Waals surface area contributed by atoms with Gasteiger partial charge in [-0.3, -0.25) is 0 Å². The number of nitrogens with zero attached hydrogens (tertiary/aromatic N) is 2. The molecule has 0 radical (unpaired) electrons. The van der Waals surface area contributed by atoms with Crippen molar-refractivity contribution < 1.29 is 4.42 Å². The van der Waals surface area contributed by atoms with Crippen LogP contribution in [0.1, 0.15) is 0 Å². The second-order valence-electron chi connectivity index (χ2n) is 18.5. The Morgan fingerprint density at radius 3 is 1.54 bits per heavy atom. The fourth-order valence-electron chi connectivity index (χ4n) is 10.9. The zero-order valence-corrected chi connectivity index (χ0v) is 38.7. The molecule has 14 rings (SSSR count). The van der Waals surface area contributed by atoms with E-state index in [1.165, 1.54) is 76.7 Å². The predicted molar refractivity (Wildman–Crippen MR) is 299 cm³/mol. The largest absolute Gasteiger partial charge is 0.456 e. The predicted octanol–water partition coefficient (Wildman–Crippen LogP) is 19.1. The van der Waals surface area contributed by atoms with Crippen LogP contribution in [-0.2, 0) is 0 Å². The molecule has 0 fully saturated rings. The monoisotopic (exact) mass is 904 g/mol. The highest BCUT2D eigenvalue weighted by Gasteiger charge is 2.19. The smallest absolute Gasteiger partial charge is 0.136 e. The molecule has 0 amide bonds. The third-order valence-corrected chi connectivity index (χ3v) is 14.4. The summed E-state index contributed by atoms with van der Waals surface area (Å²) in [5.41, 5.74) is 18.1. The fourth-order valence-corrected chi connectivity index (χ4v) is 10.9. The van der Waals surface area contributed by atoms with Crippen LogP contribution >= 0.6 is 0 Å². The van der Waals surface area contributed by atoms with E-state index >= 15 is 0 Å². The summed E-state index contributed by atoms with van der Waals surface area (Å²) in [6.07, 6.45) is 0. The summed E-state index contributed by atoms with van der Waals surface area (Å²) in [7, 11) is 0. The van der Waals surface area contributed by atoms with Gasteiger partial charge in [0.1, 0.15) is 11.2 Å². The van der Waals surface area contributed by atoms with Crippen LogP contribution in [-0.4, -0.2) is 4.57 Å². The van der Waals surface area contributed by atoms with E-state index in [0.29, 0.717) is 0 Å². The van der Waals surface area contributed by atoms with E-state index in [2.05, 4.69) is 264 Å². The number of furan rings is 1. The summed E-state index contributed by atoms with van der Waals surface area (Å²) < 4.78 is 8.64. The minimum absolute atomic E-state index is 0.909. The van der Waals surface area contributed by atoms with Crippen molar-refractivity contribution in [2.45, 2.75) is 0 Å². The number of hydrogen-bond donors (Lipinski definition) is 0. The molecule has 0 aliphatic carbocycles. The summed E-state index contributed by atoms with van der Waals surface area (Å²) in [6.45, 7) is 0. The highest BCUT2D eigenvalue weighted by atomic mass is 16.3. The molecule has 12 aromatic carbocycles. The van der Waals surface area contributed by atoms with E-state index in [-0.39, 0.29) is 0 Å². The number of benzene rings is 12. The molecule has 0 spiro atoms. The Balaban J connectivity index is 0.800. The van der Waals surface area contributed by atoms with E-state index in [0.717, 1.165) is 55.8 Å². The summed E-state index contributed by atoms with van der Waals surface area (Å²) in [5, 5.41) is 9.66. The lowest BCUT2D eigenvalue weighted by molar-refractivity contribution is 0.669. The Labute approximate surface area is 411 Å². The van der Waals surface area contributed by atoms with E-state index in [1.54, 1.807) is 0 Å². The van der Waals surface area contributed by atoms with Crippen molar-refractivity contribution in [1.29, 1.82) is 0 Å². The van der Waals surface area contributed by atoms with Gasteiger partial charge < -0.3 is 13.9 Å². The second-order valence-corrected chi connectivity index (χ2v) is 18.5. The van der Waals surface area contributed by atoms with Gasteiger partial charge >= 0.3 is 0 Å². The van der Waals surface area contributed by atoms with Gasteiger partial charge in [-0.15, -0.1) is 0 Å². The van der Waals surface area contributed by atoms with Gasteiger partial charge in [-0.05, 0) is 139 Å². The molecule has 2 heterocycles. The molecule has 71 heavy (non-hydrogen) atoms. The first-order valence-corrected chi connectivity index (χ1v) is 24.3. The number of anilines is 3. The van der Waals surface area contributed by atoms with E-state index in [1.807, 2.05) is 12.1 Å². The Kier molecular flexibility index (Phi) is 9.53. The highest BCUT2D eigenvalue weighted by Crippen LogP contribution is 2.44. The number of fused-ring (bicyclic) bond motifs is 9. The van der Waals surface area contributed by atoms with Gasteiger partial charge in [0.25, 0.3) is 0 Å². The quantitative estimate of drug-likeness (QED) is 0.142. The minimum Gasteiger partial charge on any atom is -0.456 e. The van der Waals surface area contributed by atoms with Crippen LogP contribution in [0.15, 0.2) is 271 Å². The number of rotatable bonds is 8. The van der Waals surface area contributed by atoms with Gasteiger partial charge in [0.2, 0.25) is 0 Å². The molecule has 332 valence electrons. The van der Waals surface area contributed by atoms with Crippen LogP contribution in [0.4, 0.5) is 17.1 Å². The summed E-state index contributed by atoms with van der Waals surface area (Å²) in [5.74, 6) is 0. The molecule has 3 heteroatoms. The maximum absolute atomic E-state index is 6.26. The maximum Gasteiger partial charge on any atom is 0.136 e. The number of hydrogen-bond acceptors (Lipinski definition) is 2. The van der Waals surface area contributed by atoms with Crippen molar-refractivity contribution >= 4 is 82.4 Å². The molecule has 0 atom stereocenters. The third kappa shape index (κ3) is 6.97. The van der Waals surface area contributed by atoms with Gasteiger partial charge in [0.05, 0.1) is 16.7 Å². The first-order valence-electron chi connectivity index (χ1n) is 24.3. The Hall–Kier alpha value is -9.44. The first-order chi connectivity index (χ1) is 35.2. The van der Waals surface area contributed by atoms with Crippen molar-refractivity contribution in [1.82, 2.24) is 4.57 Å². The maximum atomic E-state index is 6.26. The number of para-hydroxylation sites is 4. The molecule has 0 saturated carbocycles. The van der Waals surface area contributed by atoms with Gasteiger partial charge in [0.15, 0.2) is 0 Å². The Morgan fingerprint density at radius 2 is 0.789 bits per heavy atom. The van der Waals surface area contributed by atoms with Crippen molar-refractivity contribution in [3.8, 4) is 50.2 Å². The third-order valence-electron chi connectivity index (χ3n) is 14.4. The Bertz CT molecular complexity index is 4280. The van der Waals surface area contributed by atoms with Gasteiger partial charge in [-0.1, -0.05) is 188 Å². The lowest BCUT2D eigenvalue weighted by Crippen LogP contribution is -2.11. The van der Waals surface area contributed by atoms with Crippen LogP contribution in [0.5, 0.6) is 0 Å². The van der Waals surface area contributed by atoms with E-state index in [9.17, 15) is 0 Å². The molecule has 0 N–H and O–H groups in total. The Morgan fingerprint density at radius 1 is 0.282 bits per heavy atom. The summed E-state index contributed by atoms with van der Waals surface area (Å²) in [6, 6.07) is 96.7. The molecule has 0 unspecified atom stereocenters. The van der Waals surface area contributed by atoms with Crippen LogP contribution in [0, 0.1) is 0 Å². The fraction of sp³-hybridized carbons (Fsp3) is 0. The molecule has 0 saturated heterocycles. The summed E-state index contributed by atoms with van der Waals surface area (Å²) >= 11 is 0. The van der Waals surface area contributed by atoms with Gasteiger partial charge in [-0.2, -0.15) is 0 Å². The standard InChI is InChI=1S/C68H44N2O/c1-2-13-48(14-3-1)59-17-4-8-21-64(59)69(56-37-40-58-53(43-56)30-29-52-41-50(33-38-57(52)58)51-34-39-63-62-20-7-11-24-67(62)71-68(63)44-51)54-35-31-46(32-36-54)45-25-27-47(28-26-45)49-15-12-16-55(42-49)70-65-22-9-5-18-60(65)61-19-6-10-23-66(61)70/h1-44H. The molecular formula is C68H44N2O. The number of aromatic nitrogens is 1. The molecule has 0 bridgehead atoms. The van der Waals surface area contributed by atoms with Crippen LogP contribution < -0.4 is 4.90 Å². The van der Waals surface area contributed by atoms with Crippen LogP contribution in [0.3, 0.4) is 0 Å². The normalized spacial score (nSPS) is 11.7. The molecule has 2 aromatic heterocycles. The van der Waals surface area contributed by atoms with E-state index < -0.39 is 0 Å². The topological polar surface area (TPSA) is 21.3 Å². The summed E-state index contributed by atoms with van der Waals surface area (Å²) in [4.78, 5) is 2.40. The molecule has 0 aliphatic heterocycles. The average molecular weight is 905 g/mol. The second kappa shape index (κ2) is 16.7. The van der Waals surface area contributed by atoms with Crippen molar-refractivity contribution in [3.05, 3.63) is 267 Å². The van der Waals surface area contributed by atoms with Crippen LogP contribution in [0.2, 0.25) is 0 Å². The van der Waals surface area contributed by atoms with E-state index in [4.69, 9.17) is 4.42 Å². The molecule has 0 aliphatic rings. The first kappa shape index (κ1) is 40.6. The zero-order valence-electron chi connectivity index (χ0n) is 38.7. The molecule has 3 nitrogen and oxygen atoms in total. The zero-order chi connectivity index (χ0) is 46.8. The van der Waals surface area contributed by atoms with Gasteiger partial charge in [-0.25, -0.2) is 0 Å². The van der Waals surface area contributed by atoms with Crippen molar-refractivity contribution in [2.24, 2.45) is 0 Å². The molecule has 14 aromatic rings. The lowest BCUT2D eigenvalue weighted by atomic mass is 9.96. The highest BCUT2D eigenvalue weighted by molar-refractivity contribution is 6.11. The minimum atomic E-state index is 0.909. The van der Waals surface area contributed by atoms with Crippen molar-refractivity contribution in [2.75, 3.05) is 4.90 Å². The van der Waals surface area contributed by atoms with Gasteiger partial charge in [0, 0.05) is 44.2 Å². The average Bonchev–Trinajstić information content (AvgIpc) is 3.99.